The first kappa shape index (κ1) is 12.2. The molecule has 7 nitrogen and oxygen atoms in total. The summed E-state index contributed by atoms with van der Waals surface area (Å²) < 4.78 is 1.73. The third-order valence-corrected chi connectivity index (χ3v) is 2.25. The molecule has 0 spiro atoms. The molecule has 1 heterocycles. The summed E-state index contributed by atoms with van der Waals surface area (Å²) >= 11 is 0. The molecule has 7 heteroatoms. The summed E-state index contributed by atoms with van der Waals surface area (Å²) in [5, 5.41) is 26.6. The van der Waals surface area contributed by atoms with Gasteiger partial charge in [-0.2, -0.15) is 5.26 Å². The molecular formula is C9H11N3O4. The van der Waals surface area contributed by atoms with E-state index in [9.17, 15) is 9.59 Å². The van der Waals surface area contributed by atoms with E-state index in [0.717, 1.165) is 15.3 Å². The van der Waals surface area contributed by atoms with E-state index >= 15 is 0 Å². The van der Waals surface area contributed by atoms with Gasteiger partial charge in [0.2, 0.25) is 0 Å². The molecule has 0 aromatic carbocycles. The van der Waals surface area contributed by atoms with Gasteiger partial charge in [0.1, 0.15) is 11.6 Å². The van der Waals surface area contributed by atoms with Crippen LogP contribution in [0.4, 0.5) is 0 Å². The van der Waals surface area contributed by atoms with Crippen LogP contribution in [0.15, 0.2) is 15.8 Å². The fraction of sp³-hybridized carbons (Fsp3) is 0.444. The number of aliphatic hydroxyl groups is 2. The van der Waals surface area contributed by atoms with E-state index in [4.69, 9.17) is 15.5 Å². The molecule has 1 aromatic heterocycles. The van der Waals surface area contributed by atoms with Crippen molar-refractivity contribution in [2.24, 2.45) is 7.05 Å². The highest BCUT2D eigenvalue weighted by atomic mass is 16.3. The Labute approximate surface area is 90.4 Å². The molecular weight excluding hydrogens is 214 g/mol. The van der Waals surface area contributed by atoms with Crippen molar-refractivity contribution in [2.45, 2.75) is 6.04 Å². The zero-order valence-electron chi connectivity index (χ0n) is 8.62. The maximum absolute atomic E-state index is 11.6. The van der Waals surface area contributed by atoms with Crippen LogP contribution >= 0.6 is 0 Å². The van der Waals surface area contributed by atoms with Gasteiger partial charge in [0.05, 0.1) is 19.3 Å². The van der Waals surface area contributed by atoms with Crippen LogP contribution in [0.2, 0.25) is 0 Å². The quantitative estimate of drug-likeness (QED) is 0.615. The van der Waals surface area contributed by atoms with Gasteiger partial charge in [-0.1, -0.05) is 0 Å². The molecule has 0 radical (unpaired) electrons. The molecule has 0 saturated carbocycles. The largest absolute Gasteiger partial charge is 0.394 e. The molecule has 0 unspecified atom stereocenters. The lowest BCUT2D eigenvalue weighted by atomic mass is 10.3. The first-order valence-electron chi connectivity index (χ1n) is 4.50. The second-order valence-electron chi connectivity index (χ2n) is 3.23. The lowest BCUT2D eigenvalue weighted by Gasteiger charge is -2.15. The Morgan fingerprint density at radius 3 is 2.44 bits per heavy atom. The smallest absolute Gasteiger partial charge is 0.331 e. The molecule has 2 N–H and O–H groups in total. The Hall–Kier alpha value is -1.91. The highest BCUT2D eigenvalue weighted by Crippen LogP contribution is 2.00. The minimum atomic E-state index is -0.855. The topological polar surface area (TPSA) is 108 Å². The van der Waals surface area contributed by atoms with Crippen molar-refractivity contribution >= 4 is 0 Å². The van der Waals surface area contributed by atoms with E-state index in [0.29, 0.717) is 0 Å². The average Bonchev–Trinajstić information content (AvgIpc) is 2.30. The van der Waals surface area contributed by atoms with E-state index in [2.05, 4.69) is 0 Å². The fourth-order valence-electron chi connectivity index (χ4n) is 1.26. The van der Waals surface area contributed by atoms with Gasteiger partial charge in [-0.15, -0.1) is 0 Å². The Kier molecular flexibility index (Phi) is 3.60. The molecule has 0 aliphatic carbocycles. The van der Waals surface area contributed by atoms with Crippen molar-refractivity contribution in [3.63, 3.8) is 0 Å². The van der Waals surface area contributed by atoms with Crippen LogP contribution in [0.1, 0.15) is 11.6 Å². The Bertz CT molecular complexity index is 533. The molecule has 0 atom stereocenters. The normalized spacial score (nSPS) is 10.4. The number of nitrogens with zero attached hydrogens (tertiary/aromatic N) is 3. The van der Waals surface area contributed by atoms with Crippen molar-refractivity contribution in [3.8, 4) is 6.07 Å². The second-order valence-corrected chi connectivity index (χ2v) is 3.23. The third kappa shape index (κ3) is 1.88. The Balaban J connectivity index is 3.55. The number of aliphatic hydroxyl groups excluding tert-OH is 2. The molecule has 0 amide bonds. The van der Waals surface area contributed by atoms with Gasteiger partial charge >= 0.3 is 5.69 Å². The number of hydrogen-bond donors (Lipinski definition) is 2. The monoisotopic (exact) mass is 225 g/mol. The molecule has 0 aliphatic heterocycles. The Morgan fingerprint density at radius 2 is 2.00 bits per heavy atom. The first-order chi connectivity index (χ1) is 7.56. The summed E-state index contributed by atoms with van der Waals surface area (Å²) in [6, 6.07) is 0.795. The van der Waals surface area contributed by atoms with Crippen LogP contribution in [0.3, 0.4) is 0 Å². The van der Waals surface area contributed by atoms with Gasteiger partial charge in [-0.3, -0.25) is 13.9 Å². The van der Waals surface area contributed by atoms with Crippen molar-refractivity contribution in [1.29, 1.82) is 5.26 Å². The summed E-state index contributed by atoms with van der Waals surface area (Å²) in [6.07, 6.45) is 1.04. The summed E-state index contributed by atoms with van der Waals surface area (Å²) in [6.45, 7) is -0.918. The maximum atomic E-state index is 11.6. The van der Waals surface area contributed by atoms with Crippen LogP contribution < -0.4 is 11.2 Å². The van der Waals surface area contributed by atoms with E-state index < -0.39 is 30.5 Å². The first-order valence-corrected chi connectivity index (χ1v) is 4.50. The van der Waals surface area contributed by atoms with Crippen LogP contribution in [0.5, 0.6) is 0 Å². The highest BCUT2D eigenvalue weighted by molar-refractivity contribution is 5.22. The molecule has 0 bridgehead atoms. The standard InChI is InChI=1S/C9H11N3O4/c1-11-8(15)6(2-10)3-12(9(11)16)7(4-13)5-14/h3,7,13-14H,4-5H2,1H3. The van der Waals surface area contributed by atoms with Crippen LogP contribution in [-0.4, -0.2) is 32.6 Å². The van der Waals surface area contributed by atoms with E-state index in [-0.39, 0.29) is 5.56 Å². The lowest BCUT2D eigenvalue weighted by Crippen LogP contribution is -2.41. The predicted octanol–water partition coefficient (Wildman–Crippen LogP) is -2.06. The van der Waals surface area contributed by atoms with E-state index in [1.807, 2.05) is 0 Å². The number of aromatic nitrogens is 2. The average molecular weight is 225 g/mol. The zero-order valence-corrected chi connectivity index (χ0v) is 8.62. The number of rotatable bonds is 3. The van der Waals surface area contributed by atoms with Gasteiger partial charge in [0.25, 0.3) is 5.56 Å². The zero-order chi connectivity index (χ0) is 12.3. The molecule has 1 aromatic rings. The molecule has 1 rings (SSSR count). The predicted molar refractivity (Wildman–Crippen MR) is 53.9 cm³/mol. The second kappa shape index (κ2) is 4.74. The van der Waals surface area contributed by atoms with Crippen molar-refractivity contribution in [2.75, 3.05) is 13.2 Å². The lowest BCUT2D eigenvalue weighted by molar-refractivity contribution is 0.150. The van der Waals surface area contributed by atoms with Gasteiger partial charge in [0, 0.05) is 13.2 Å². The maximum Gasteiger partial charge on any atom is 0.331 e. The molecule has 16 heavy (non-hydrogen) atoms. The molecule has 0 fully saturated rings. The van der Waals surface area contributed by atoms with E-state index in [1.165, 1.54) is 7.05 Å². The molecule has 0 aliphatic rings. The summed E-state index contributed by atoms with van der Waals surface area (Å²) in [7, 11) is 1.23. The van der Waals surface area contributed by atoms with Gasteiger partial charge in [-0.25, -0.2) is 4.79 Å². The number of nitriles is 1. The molecule has 86 valence electrons. The van der Waals surface area contributed by atoms with Crippen molar-refractivity contribution in [3.05, 3.63) is 32.6 Å². The van der Waals surface area contributed by atoms with E-state index in [1.54, 1.807) is 6.07 Å². The van der Waals surface area contributed by atoms with Gasteiger partial charge in [0.15, 0.2) is 0 Å². The highest BCUT2D eigenvalue weighted by Gasteiger charge is 2.14. The number of hydrogen-bond acceptors (Lipinski definition) is 5. The summed E-state index contributed by atoms with van der Waals surface area (Å²) in [5.74, 6) is 0. The van der Waals surface area contributed by atoms with Crippen LogP contribution in [0, 0.1) is 11.3 Å². The molecule has 0 saturated heterocycles. The Morgan fingerprint density at radius 1 is 1.44 bits per heavy atom. The van der Waals surface area contributed by atoms with Gasteiger partial charge < -0.3 is 10.2 Å². The minimum Gasteiger partial charge on any atom is -0.394 e. The van der Waals surface area contributed by atoms with Crippen molar-refractivity contribution < 1.29 is 10.2 Å². The third-order valence-electron chi connectivity index (χ3n) is 2.25. The fourth-order valence-corrected chi connectivity index (χ4v) is 1.26. The van der Waals surface area contributed by atoms with Crippen LogP contribution in [0.25, 0.3) is 0 Å². The summed E-state index contributed by atoms with van der Waals surface area (Å²) in [4.78, 5) is 23.0. The van der Waals surface area contributed by atoms with Crippen LogP contribution in [-0.2, 0) is 7.05 Å². The van der Waals surface area contributed by atoms with Crippen molar-refractivity contribution in [1.82, 2.24) is 9.13 Å². The minimum absolute atomic E-state index is 0.214. The summed E-state index contributed by atoms with van der Waals surface area (Å²) in [5.41, 5.74) is -1.59. The SMILES string of the molecule is Cn1c(=O)c(C#N)cn(C(CO)CO)c1=O. The van der Waals surface area contributed by atoms with Gasteiger partial charge in [-0.05, 0) is 0 Å².